The van der Waals surface area contributed by atoms with Gasteiger partial charge in [-0.2, -0.15) is 0 Å². The summed E-state index contributed by atoms with van der Waals surface area (Å²) in [6.07, 6.45) is 0.416. The molecule has 4 rings (SSSR count). The highest BCUT2D eigenvalue weighted by Gasteiger charge is 2.25. The Hall–Kier alpha value is -2.77. The molecule has 1 amide bonds. The number of nitrogens with zero attached hydrogens (tertiary/aromatic N) is 2. The molecule has 2 N–H and O–H groups in total. The monoisotopic (exact) mass is 409 g/mol. The molecule has 28 heavy (non-hydrogen) atoms. The Morgan fingerprint density at radius 1 is 1.25 bits per heavy atom. The van der Waals surface area contributed by atoms with E-state index in [9.17, 15) is 9.59 Å². The van der Waals surface area contributed by atoms with Crippen molar-refractivity contribution < 1.29 is 4.79 Å². The fraction of sp³-hybridized carbons (Fsp3) is 0.190. The van der Waals surface area contributed by atoms with E-state index in [4.69, 9.17) is 10.7 Å². The summed E-state index contributed by atoms with van der Waals surface area (Å²) in [5, 5.41) is 4.48. The largest absolute Gasteiger partial charge is 0.368 e. The van der Waals surface area contributed by atoms with Crippen molar-refractivity contribution in [1.29, 1.82) is 0 Å². The van der Waals surface area contributed by atoms with Crippen LogP contribution in [0.2, 0.25) is 0 Å². The number of carbonyl (C=O) groups excluding carboxylic acids is 1. The molecule has 3 aromatic heterocycles. The number of aryl methyl sites for hydroxylation is 1. The molecule has 7 heteroatoms. The topological polar surface area (TPSA) is 78.0 Å². The van der Waals surface area contributed by atoms with Crippen molar-refractivity contribution in [2.45, 2.75) is 26.3 Å². The van der Waals surface area contributed by atoms with E-state index in [1.165, 1.54) is 15.9 Å². The molecule has 5 nitrogen and oxygen atoms in total. The molecule has 0 aliphatic carbocycles. The predicted molar refractivity (Wildman–Crippen MR) is 116 cm³/mol. The first-order chi connectivity index (χ1) is 13.5. The van der Waals surface area contributed by atoms with Gasteiger partial charge in [0.1, 0.15) is 16.7 Å². The normalized spacial score (nSPS) is 12.4. The minimum atomic E-state index is -0.754. The third kappa shape index (κ3) is 3.06. The lowest BCUT2D eigenvalue weighted by Crippen LogP contribution is -2.35. The Labute approximate surface area is 170 Å². The smallest absolute Gasteiger partial charge is 0.263 e. The highest BCUT2D eigenvalue weighted by Crippen LogP contribution is 2.35. The van der Waals surface area contributed by atoms with Crippen molar-refractivity contribution in [3.8, 4) is 21.8 Å². The summed E-state index contributed by atoms with van der Waals surface area (Å²) < 4.78 is 1.48. The average Bonchev–Trinajstić information content (AvgIpc) is 3.33. The van der Waals surface area contributed by atoms with Crippen molar-refractivity contribution in [1.82, 2.24) is 9.55 Å². The highest BCUT2D eigenvalue weighted by molar-refractivity contribution is 7.18. The summed E-state index contributed by atoms with van der Waals surface area (Å²) in [6, 6.07) is 10.9. The minimum absolute atomic E-state index is 0.225. The maximum absolute atomic E-state index is 13.6. The van der Waals surface area contributed by atoms with Crippen molar-refractivity contribution in [2.24, 2.45) is 5.73 Å². The lowest BCUT2D eigenvalue weighted by molar-refractivity contribution is -0.121. The van der Waals surface area contributed by atoms with Gasteiger partial charge in [-0.3, -0.25) is 14.2 Å². The SMILES string of the molecule is CCC(C(N)=O)n1c(-c2cccc(C)c2)nc2scc(-c3cccs3)c2c1=O. The van der Waals surface area contributed by atoms with Crippen molar-refractivity contribution in [2.75, 3.05) is 0 Å². The fourth-order valence-electron chi connectivity index (χ4n) is 3.40. The zero-order valence-corrected chi connectivity index (χ0v) is 17.1. The second-order valence-electron chi connectivity index (χ2n) is 6.61. The summed E-state index contributed by atoms with van der Waals surface area (Å²) in [7, 11) is 0. The maximum Gasteiger partial charge on any atom is 0.263 e. The van der Waals surface area contributed by atoms with Crippen LogP contribution in [0.3, 0.4) is 0 Å². The Morgan fingerprint density at radius 3 is 2.71 bits per heavy atom. The molecule has 1 aromatic carbocycles. The van der Waals surface area contributed by atoms with E-state index in [0.29, 0.717) is 22.5 Å². The minimum Gasteiger partial charge on any atom is -0.368 e. The number of aromatic nitrogens is 2. The van der Waals surface area contributed by atoms with Gasteiger partial charge < -0.3 is 5.73 Å². The summed E-state index contributed by atoms with van der Waals surface area (Å²) in [5.74, 6) is -0.0565. The van der Waals surface area contributed by atoms with Gasteiger partial charge in [-0.05, 0) is 30.9 Å². The first-order valence-corrected chi connectivity index (χ1v) is 10.7. The van der Waals surface area contributed by atoms with E-state index < -0.39 is 11.9 Å². The number of benzene rings is 1. The first kappa shape index (κ1) is 18.6. The number of thiophene rings is 2. The molecule has 1 unspecified atom stereocenters. The molecule has 0 saturated carbocycles. The Kier molecular flexibility index (Phi) is 4.87. The second kappa shape index (κ2) is 7.33. The Bertz CT molecular complexity index is 1220. The number of amides is 1. The number of hydrogen-bond acceptors (Lipinski definition) is 5. The second-order valence-corrected chi connectivity index (χ2v) is 8.42. The van der Waals surface area contributed by atoms with Gasteiger partial charge in [0, 0.05) is 21.4 Å². The molecule has 3 heterocycles. The lowest BCUT2D eigenvalue weighted by atomic mass is 10.1. The number of nitrogens with two attached hydrogens (primary N) is 1. The van der Waals surface area contributed by atoms with E-state index in [-0.39, 0.29) is 5.56 Å². The Morgan fingerprint density at radius 2 is 2.07 bits per heavy atom. The maximum atomic E-state index is 13.6. The van der Waals surface area contributed by atoms with Gasteiger partial charge in [-0.15, -0.1) is 22.7 Å². The van der Waals surface area contributed by atoms with E-state index in [1.54, 1.807) is 11.3 Å². The van der Waals surface area contributed by atoms with Gasteiger partial charge in [0.15, 0.2) is 0 Å². The zero-order valence-electron chi connectivity index (χ0n) is 15.5. The molecule has 0 aliphatic heterocycles. The number of primary amides is 1. The highest BCUT2D eigenvalue weighted by atomic mass is 32.1. The molecule has 0 bridgehead atoms. The number of fused-ring (bicyclic) bond motifs is 1. The van der Waals surface area contributed by atoms with Gasteiger partial charge in [0.25, 0.3) is 5.56 Å². The molecule has 0 radical (unpaired) electrons. The summed E-state index contributed by atoms with van der Waals surface area (Å²) >= 11 is 3.01. The summed E-state index contributed by atoms with van der Waals surface area (Å²) in [5.41, 5.74) is 8.14. The number of hydrogen-bond donors (Lipinski definition) is 1. The third-order valence-electron chi connectivity index (χ3n) is 4.73. The van der Waals surface area contributed by atoms with Gasteiger partial charge in [0.05, 0.1) is 5.39 Å². The first-order valence-electron chi connectivity index (χ1n) is 8.95. The van der Waals surface area contributed by atoms with Crippen LogP contribution in [0.25, 0.3) is 32.0 Å². The van der Waals surface area contributed by atoms with Crippen LogP contribution in [-0.2, 0) is 4.79 Å². The summed E-state index contributed by atoms with van der Waals surface area (Å²) in [4.78, 5) is 32.3. The zero-order chi connectivity index (χ0) is 19.8. The Balaban J connectivity index is 2.09. The third-order valence-corrected chi connectivity index (χ3v) is 6.50. The van der Waals surface area contributed by atoms with Crippen LogP contribution >= 0.6 is 22.7 Å². The summed E-state index contributed by atoms with van der Waals surface area (Å²) in [6.45, 7) is 3.83. The molecule has 142 valence electrons. The molecule has 0 fully saturated rings. The number of rotatable bonds is 5. The molecular weight excluding hydrogens is 390 g/mol. The van der Waals surface area contributed by atoms with Gasteiger partial charge in [0.2, 0.25) is 5.91 Å². The molecule has 1 atom stereocenters. The number of carbonyl (C=O) groups is 1. The van der Waals surface area contributed by atoms with Crippen molar-refractivity contribution >= 4 is 38.8 Å². The van der Waals surface area contributed by atoms with Gasteiger partial charge in [-0.1, -0.05) is 36.8 Å². The molecule has 0 aliphatic rings. The van der Waals surface area contributed by atoms with Crippen LogP contribution in [0.4, 0.5) is 0 Å². The fourth-order valence-corrected chi connectivity index (χ4v) is 5.16. The predicted octanol–water partition coefficient (Wildman–Crippen LogP) is 4.60. The molecular formula is C21H19N3O2S2. The van der Waals surface area contributed by atoms with Crippen LogP contribution in [-0.4, -0.2) is 15.5 Å². The van der Waals surface area contributed by atoms with Crippen LogP contribution in [0, 0.1) is 6.92 Å². The molecule has 4 aromatic rings. The van der Waals surface area contributed by atoms with Gasteiger partial charge in [-0.25, -0.2) is 4.98 Å². The molecule has 0 saturated heterocycles. The van der Waals surface area contributed by atoms with Crippen molar-refractivity contribution in [3.63, 3.8) is 0 Å². The standard InChI is InChI=1S/C21H19N3O2S2/c1-3-15(18(22)25)24-19(13-7-4-6-12(2)10-13)23-20-17(21(24)26)14(11-28-20)16-8-5-9-27-16/h4-11,15H,3H2,1-2H3,(H2,22,25). The van der Waals surface area contributed by atoms with Gasteiger partial charge >= 0.3 is 0 Å². The quantitative estimate of drug-likeness (QED) is 0.523. The van der Waals surface area contributed by atoms with Crippen molar-refractivity contribution in [3.05, 3.63) is 63.1 Å². The van der Waals surface area contributed by atoms with Crippen LogP contribution in [0.15, 0.2) is 52.0 Å². The van der Waals surface area contributed by atoms with E-state index in [1.807, 2.05) is 61.0 Å². The lowest BCUT2D eigenvalue weighted by Gasteiger charge is -2.19. The van der Waals surface area contributed by atoms with E-state index >= 15 is 0 Å². The van der Waals surface area contributed by atoms with Crippen LogP contribution < -0.4 is 11.3 Å². The molecule has 0 spiro atoms. The average molecular weight is 410 g/mol. The van der Waals surface area contributed by atoms with Crippen LogP contribution in [0.1, 0.15) is 24.9 Å². The van der Waals surface area contributed by atoms with Crippen LogP contribution in [0.5, 0.6) is 0 Å². The van der Waals surface area contributed by atoms with E-state index in [0.717, 1.165) is 21.6 Å². The van der Waals surface area contributed by atoms with E-state index in [2.05, 4.69) is 0 Å².